The van der Waals surface area contributed by atoms with Crippen molar-refractivity contribution in [2.45, 2.75) is 32.2 Å². The van der Waals surface area contributed by atoms with Crippen molar-refractivity contribution in [3.63, 3.8) is 0 Å². The predicted molar refractivity (Wildman–Crippen MR) is 61.9 cm³/mol. The van der Waals surface area contributed by atoms with Gasteiger partial charge in [0.05, 0.1) is 0 Å². The van der Waals surface area contributed by atoms with Crippen molar-refractivity contribution in [3.8, 4) is 0 Å². The second-order valence-corrected chi connectivity index (χ2v) is 4.67. The zero-order chi connectivity index (χ0) is 9.97. The first-order valence-corrected chi connectivity index (χ1v) is 5.64. The summed E-state index contributed by atoms with van der Waals surface area (Å²) in [5.74, 6) is 0.969. The van der Waals surface area contributed by atoms with E-state index in [0.29, 0.717) is 6.04 Å². The van der Waals surface area contributed by atoms with Crippen molar-refractivity contribution in [1.29, 1.82) is 0 Å². The van der Waals surface area contributed by atoms with E-state index in [4.69, 9.17) is 11.6 Å². The van der Waals surface area contributed by atoms with Crippen LogP contribution in [0.2, 0.25) is 5.02 Å². The van der Waals surface area contributed by atoms with Gasteiger partial charge in [0, 0.05) is 16.8 Å². The quantitative estimate of drug-likeness (QED) is 0.792. The molecule has 1 aliphatic carbocycles. The molecule has 76 valence electrons. The van der Waals surface area contributed by atoms with Gasteiger partial charge in [-0.3, -0.25) is 0 Å². The molecule has 1 aliphatic rings. The molecule has 2 heteroatoms. The third kappa shape index (κ3) is 2.91. The first kappa shape index (κ1) is 9.85. The van der Waals surface area contributed by atoms with Crippen molar-refractivity contribution < 1.29 is 0 Å². The fourth-order valence-corrected chi connectivity index (χ4v) is 1.97. The highest BCUT2D eigenvalue weighted by Crippen LogP contribution is 2.34. The van der Waals surface area contributed by atoms with Crippen LogP contribution in [0.15, 0.2) is 24.3 Å². The molecule has 1 nitrogen and oxygen atoms in total. The number of benzene rings is 1. The largest absolute Gasteiger partial charge is 0.383 e. The molecule has 0 radical (unpaired) electrons. The maximum atomic E-state index is 5.91. The molecular weight excluding hydrogens is 194 g/mol. The zero-order valence-electron chi connectivity index (χ0n) is 8.46. The number of hydrogen-bond acceptors (Lipinski definition) is 1. The van der Waals surface area contributed by atoms with E-state index in [1.807, 2.05) is 18.2 Å². The highest BCUT2D eigenvalue weighted by molar-refractivity contribution is 6.30. The Kier molecular flexibility index (Phi) is 2.97. The smallest absolute Gasteiger partial charge is 0.0426 e. The monoisotopic (exact) mass is 209 g/mol. The van der Waals surface area contributed by atoms with Gasteiger partial charge in [0.1, 0.15) is 0 Å². The first-order valence-electron chi connectivity index (χ1n) is 5.26. The van der Waals surface area contributed by atoms with Gasteiger partial charge in [-0.15, -0.1) is 0 Å². The van der Waals surface area contributed by atoms with Crippen LogP contribution in [-0.4, -0.2) is 6.04 Å². The van der Waals surface area contributed by atoms with Crippen LogP contribution in [0.4, 0.5) is 5.69 Å². The Labute approximate surface area is 90.5 Å². The van der Waals surface area contributed by atoms with E-state index in [0.717, 1.165) is 16.6 Å². The molecule has 0 spiro atoms. The van der Waals surface area contributed by atoms with Gasteiger partial charge in [0.25, 0.3) is 0 Å². The molecule has 1 aromatic carbocycles. The van der Waals surface area contributed by atoms with E-state index < -0.39 is 0 Å². The summed E-state index contributed by atoms with van der Waals surface area (Å²) in [6.45, 7) is 2.24. The van der Waals surface area contributed by atoms with E-state index in [1.54, 1.807) is 0 Å². The third-order valence-electron chi connectivity index (χ3n) is 2.62. The first-order chi connectivity index (χ1) is 6.74. The summed E-state index contributed by atoms with van der Waals surface area (Å²) >= 11 is 5.91. The van der Waals surface area contributed by atoms with E-state index >= 15 is 0 Å². The average molecular weight is 210 g/mol. The molecule has 0 aliphatic heterocycles. The summed E-state index contributed by atoms with van der Waals surface area (Å²) in [4.78, 5) is 0. The van der Waals surface area contributed by atoms with E-state index in [2.05, 4.69) is 18.3 Å². The molecule has 0 heterocycles. The summed E-state index contributed by atoms with van der Waals surface area (Å²) in [5, 5.41) is 4.27. The predicted octanol–water partition coefficient (Wildman–Crippen LogP) is 3.94. The van der Waals surface area contributed by atoms with E-state index in [-0.39, 0.29) is 0 Å². The minimum atomic E-state index is 0.556. The Hall–Kier alpha value is -0.690. The van der Waals surface area contributed by atoms with Gasteiger partial charge in [-0.25, -0.2) is 0 Å². The number of halogens is 1. The molecule has 1 saturated carbocycles. The lowest BCUT2D eigenvalue weighted by molar-refractivity contribution is 0.642. The molecule has 0 unspecified atom stereocenters. The van der Waals surface area contributed by atoms with Crippen LogP contribution in [0.1, 0.15) is 26.2 Å². The standard InChI is InChI=1S/C12H16ClN/c1-9(7-10-5-6-10)14-12-4-2-3-11(13)8-12/h2-4,8-10,14H,5-7H2,1H3/t9-/m0/s1. The second-order valence-electron chi connectivity index (χ2n) is 4.23. The lowest BCUT2D eigenvalue weighted by Crippen LogP contribution is -2.15. The summed E-state index contributed by atoms with van der Waals surface area (Å²) in [7, 11) is 0. The Morgan fingerprint density at radius 2 is 2.29 bits per heavy atom. The summed E-state index contributed by atoms with van der Waals surface area (Å²) in [6.07, 6.45) is 4.12. The minimum Gasteiger partial charge on any atom is -0.383 e. The molecule has 1 N–H and O–H groups in total. The topological polar surface area (TPSA) is 12.0 Å². The molecule has 0 amide bonds. The number of anilines is 1. The van der Waals surface area contributed by atoms with Gasteiger partial charge >= 0.3 is 0 Å². The molecule has 14 heavy (non-hydrogen) atoms. The van der Waals surface area contributed by atoms with Gasteiger partial charge in [-0.2, -0.15) is 0 Å². The Bertz CT molecular complexity index is 307. The average Bonchev–Trinajstić information content (AvgIpc) is 2.87. The SMILES string of the molecule is C[C@@H](CC1CC1)Nc1cccc(Cl)c1. The molecule has 1 aromatic rings. The maximum Gasteiger partial charge on any atom is 0.0426 e. The zero-order valence-corrected chi connectivity index (χ0v) is 9.22. The van der Waals surface area contributed by atoms with Crippen molar-refractivity contribution in [2.75, 3.05) is 5.32 Å². The normalized spacial score (nSPS) is 17.9. The number of hydrogen-bond donors (Lipinski definition) is 1. The van der Waals surface area contributed by atoms with Crippen molar-refractivity contribution in [2.24, 2.45) is 5.92 Å². The van der Waals surface area contributed by atoms with Gasteiger partial charge < -0.3 is 5.32 Å². The second kappa shape index (κ2) is 4.22. The van der Waals surface area contributed by atoms with Crippen LogP contribution in [0, 0.1) is 5.92 Å². The Morgan fingerprint density at radius 3 is 2.93 bits per heavy atom. The van der Waals surface area contributed by atoms with Gasteiger partial charge in [-0.05, 0) is 37.5 Å². The molecule has 2 rings (SSSR count). The Morgan fingerprint density at radius 1 is 1.50 bits per heavy atom. The molecule has 1 fully saturated rings. The van der Waals surface area contributed by atoms with Gasteiger partial charge in [0.15, 0.2) is 0 Å². The van der Waals surface area contributed by atoms with Crippen molar-refractivity contribution >= 4 is 17.3 Å². The summed E-state index contributed by atoms with van der Waals surface area (Å²) < 4.78 is 0. The number of nitrogens with one attached hydrogen (secondary N) is 1. The maximum absolute atomic E-state index is 5.91. The lowest BCUT2D eigenvalue weighted by atomic mass is 10.1. The van der Waals surface area contributed by atoms with Gasteiger partial charge in [-0.1, -0.05) is 30.5 Å². The van der Waals surface area contributed by atoms with E-state index in [9.17, 15) is 0 Å². The highest BCUT2D eigenvalue weighted by Gasteiger charge is 2.23. The molecule has 0 saturated heterocycles. The minimum absolute atomic E-state index is 0.556. The van der Waals surface area contributed by atoms with Crippen LogP contribution >= 0.6 is 11.6 Å². The molecule has 0 aromatic heterocycles. The third-order valence-corrected chi connectivity index (χ3v) is 2.86. The number of rotatable bonds is 4. The summed E-state index contributed by atoms with van der Waals surface area (Å²) in [5.41, 5.74) is 1.13. The van der Waals surface area contributed by atoms with E-state index in [1.165, 1.54) is 19.3 Å². The van der Waals surface area contributed by atoms with Gasteiger partial charge in [0.2, 0.25) is 0 Å². The highest BCUT2D eigenvalue weighted by atomic mass is 35.5. The molecule has 0 bridgehead atoms. The van der Waals surface area contributed by atoms with Crippen LogP contribution in [0.5, 0.6) is 0 Å². The van der Waals surface area contributed by atoms with Crippen molar-refractivity contribution in [1.82, 2.24) is 0 Å². The van der Waals surface area contributed by atoms with Crippen LogP contribution in [-0.2, 0) is 0 Å². The fraction of sp³-hybridized carbons (Fsp3) is 0.500. The van der Waals surface area contributed by atoms with Crippen LogP contribution in [0.3, 0.4) is 0 Å². The fourth-order valence-electron chi connectivity index (χ4n) is 1.78. The Balaban J connectivity index is 1.88. The summed E-state index contributed by atoms with van der Waals surface area (Å²) in [6, 6.07) is 8.48. The van der Waals surface area contributed by atoms with Crippen molar-refractivity contribution in [3.05, 3.63) is 29.3 Å². The lowest BCUT2D eigenvalue weighted by Gasteiger charge is -2.14. The van der Waals surface area contributed by atoms with Crippen LogP contribution in [0.25, 0.3) is 0 Å². The molecule has 1 atom stereocenters. The van der Waals surface area contributed by atoms with Crippen LogP contribution < -0.4 is 5.32 Å². The molecular formula is C12H16ClN.